The predicted molar refractivity (Wildman–Crippen MR) is 93.8 cm³/mol. The number of hydrogen-bond acceptors (Lipinski definition) is 5. The Morgan fingerprint density at radius 2 is 2.09 bits per heavy atom. The monoisotopic (exact) mass is 385 g/mol. The summed E-state index contributed by atoms with van der Waals surface area (Å²) < 4.78 is 6.06. The van der Waals surface area contributed by atoms with E-state index in [-0.39, 0.29) is 16.7 Å². The number of rotatable bonds is 6. The van der Waals surface area contributed by atoms with Gasteiger partial charge in [0.05, 0.1) is 11.0 Å². The highest BCUT2D eigenvalue weighted by Crippen LogP contribution is 2.34. The minimum atomic E-state index is -0.346. The molecular weight excluding hydrogens is 362 g/mol. The lowest BCUT2D eigenvalue weighted by Crippen LogP contribution is -2.42. The van der Waals surface area contributed by atoms with E-state index in [1.54, 1.807) is 13.3 Å². The first kappa shape index (κ1) is 18.1. The second-order valence-electron chi connectivity index (χ2n) is 6.47. The van der Waals surface area contributed by atoms with Gasteiger partial charge in [-0.2, -0.15) is 0 Å². The molecule has 0 aromatic carbocycles. The van der Waals surface area contributed by atoms with Crippen LogP contribution in [0.15, 0.2) is 16.7 Å². The highest BCUT2D eigenvalue weighted by atomic mass is 79.9. The standard InChI is InChI=1S/C16H24BrN3O3/c1-11(2)10-19(13-4-6-14(23-3)7-5-13)16-15(20(21)22)8-12(17)9-18-16/h8-9,11,13-14H,4-7,10H2,1-3H3. The number of aromatic nitrogens is 1. The van der Waals surface area contributed by atoms with Crippen molar-refractivity contribution >= 4 is 27.4 Å². The van der Waals surface area contributed by atoms with Crippen LogP contribution in [-0.4, -0.2) is 35.7 Å². The van der Waals surface area contributed by atoms with Crippen LogP contribution in [0.4, 0.5) is 11.5 Å². The highest BCUT2D eigenvalue weighted by molar-refractivity contribution is 9.10. The molecule has 0 aliphatic heterocycles. The van der Waals surface area contributed by atoms with Crippen molar-refractivity contribution in [2.24, 2.45) is 5.92 Å². The summed E-state index contributed by atoms with van der Waals surface area (Å²) in [5.74, 6) is 0.882. The SMILES string of the molecule is COC1CCC(N(CC(C)C)c2ncc(Br)cc2[N+](=O)[O-])CC1. The number of nitro groups is 1. The van der Waals surface area contributed by atoms with Crippen LogP contribution in [0.25, 0.3) is 0 Å². The molecule has 0 N–H and O–H groups in total. The molecule has 1 saturated carbocycles. The molecule has 1 heterocycles. The summed E-state index contributed by atoms with van der Waals surface area (Å²) >= 11 is 3.28. The molecule has 1 aromatic rings. The molecule has 2 rings (SSSR count). The fourth-order valence-electron chi connectivity index (χ4n) is 3.17. The van der Waals surface area contributed by atoms with Crippen LogP contribution >= 0.6 is 15.9 Å². The summed E-state index contributed by atoms with van der Waals surface area (Å²) in [5.41, 5.74) is 0.0638. The smallest absolute Gasteiger partial charge is 0.312 e. The third kappa shape index (κ3) is 4.64. The normalized spacial score (nSPS) is 21.4. The first-order valence-electron chi connectivity index (χ1n) is 8.01. The summed E-state index contributed by atoms with van der Waals surface area (Å²) in [6.45, 7) is 5.01. The molecule has 1 aromatic heterocycles. The number of methoxy groups -OCH3 is 1. The Morgan fingerprint density at radius 1 is 1.43 bits per heavy atom. The molecule has 23 heavy (non-hydrogen) atoms. The summed E-state index contributed by atoms with van der Waals surface area (Å²) in [6, 6.07) is 1.81. The molecule has 0 amide bonds. The number of hydrogen-bond donors (Lipinski definition) is 0. The topological polar surface area (TPSA) is 68.5 Å². The number of nitrogens with zero attached hydrogens (tertiary/aromatic N) is 3. The summed E-state index contributed by atoms with van der Waals surface area (Å²) in [5, 5.41) is 11.4. The Kier molecular flexibility index (Phi) is 6.35. The number of ether oxygens (including phenoxy) is 1. The van der Waals surface area contributed by atoms with E-state index >= 15 is 0 Å². The zero-order chi connectivity index (χ0) is 17.0. The van der Waals surface area contributed by atoms with Gasteiger partial charge in [-0.3, -0.25) is 10.1 Å². The Labute approximate surface area is 145 Å². The van der Waals surface area contributed by atoms with Gasteiger partial charge < -0.3 is 9.64 Å². The molecule has 0 bridgehead atoms. The quantitative estimate of drug-likeness (QED) is 0.542. The lowest BCUT2D eigenvalue weighted by Gasteiger charge is -2.38. The van der Waals surface area contributed by atoms with E-state index in [1.165, 1.54) is 6.07 Å². The van der Waals surface area contributed by atoms with Crippen molar-refractivity contribution in [3.63, 3.8) is 0 Å². The van der Waals surface area contributed by atoms with E-state index in [1.807, 2.05) is 0 Å². The molecule has 1 aliphatic rings. The predicted octanol–water partition coefficient (Wildman–Crippen LogP) is 4.17. The first-order chi connectivity index (χ1) is 10.9. The molecule has 0 atom stereocenters. The van der Waals surface area contributed by atoms with Gasteiger partial charge in [-0.05, 0) is 47.5 Å². The van der Waals surface area contributed by atoms with Crippen LogP contribution in [0.2, 0.25) is 0 Å². The van der Waals surface area contributed by atoms with Gasteiger partial charge in [0.1, 0.15) is 0 Å². The van der Waals surface area contributed by atoms with Crippen molar-refractivity contribution in [2.75, 3.05) is 18.6 Å². The van der Waals surface area contributed by atoms with Gasteiger partial charge in [-0.15, -0.1) is 0 Å². The maximum Gasteiger partial charge on any atom is 0.312 e. The van der Waals surface area contributed by atoms with Gasteiger partial charge >= 0.3 is 5.69 Å². The number of pyridine rings is 1. The maximum atomic E-state index is 11.4. The van der Waals surface area contributed by atoms with Crippen LogP contribution in [0.1, 0.15) is 39.5 Å². The van der Waals surface area contributed by atoms with E-state index in [0.29, 0.717) is 22.3 Å². The third-order valence-electron chi connectivity index (χ3n) is 4.26. The second kappa shape index (κ2) is 8.06. The van der Waals surface area contributed by atoms with E-state index in [0.717, 1.165) is 32.2 Å². The Morgan fingerprint density at radius 3 is 2.61 bits per heavy atom. The van der Waals surface area contributed by atoms with Crippen molar-refractivity contribution in [3.8, 4) is 0 Å². The van der Waals surface area contributed by atoms with Crippen LogP contribution in [0.5, 0.6) is 0 Å². The van der Waals surface area contributed by atoms with Crippen LogP contribution in [-0.2, 0) is 4.74 Å². The Bertz CT molecular complexity index is 545. The number of halogens is 1. The lowest BCUT2D eigenvalue weighted by molar-refractivity contribution is -0.384. The van der Waals surface area contributed by atoms with Gasteiger partial charge in [-0.1, -0.05) is 13.8 Å². The summed E-state index contributed by atoms with van der Waals surface area (Å²) in [7, 11) is 1.75. The van der Waals surface area contributed by atoms with Crippen molar-refractivity contribution in [2.45, 2.75) is 51.7 Å². The van der Waals surface area contributed by atoms with Gasteiger partial charge in [0.25, 0.3) is 0 Å². The van der Waals surface area contributed by atoms with Gasteiger partial charge in [0, 0.05) is 36.4 Å². The average molecular weight is 386 g/mol. The third-order valence-corrected chi connectivity index (χ3v) is 4.70. The minimum Gasteiger partial charge on any atom is -0.381 e. The highest BCUT2D eigenvalue weighted by Gasteiger charge is 2.31. The van der Waals surface area contributed by atoms with Crippen molar-refractivity contribution in [1.82, 2.24) is 4.98 Å². The number of anilines is 1. The van der Waals surface area contributed by atoms with E-state index < -0.39 is 0 Å². The van der Waals surface area contributed by atoms with E-state index in [2.05, 4.69) is 39.7 Å². The molecule has 0 spiro atoms. The maximum absolute atomic E-state index is 11.4. The van der Waals surface area contributed by atoms with Gasteiger partial charge in [-0.25, -0.2) is 4.98 Å². The molecule has 0 saturated heterocycles. The van der Waals surface area contributed by atoms with Crippen LogP contribution < -0.4 is 4.90 Å². The van der Waals surface area contributed by atoms with Crippen LogP contribution in [0, 0.1) is 16.0 Å². The fourth-order valence-corrected chi connectivity index (χ4v) is 3.49. The van der Waals surface area contributed by atoms with Crippen molar-refractivity contribution < 1.29 is 9.66 Å². The fraction of sp³-hybridized carbons (Fsp3) is 0.688. The first-order valence-corrected chi connectivity index (χ1v) is 8.81. The molecule has 7 heteroatoms. The molecular formula is C16H24BrN3O3. The molecule has 1 aliphatic carbocycles. The molecule has 128 valence electrons. The lowest BCUT2D eigenvalue weighted by atomic mass is 9.91. The zero-order valence-electron chi connectivity index (χ0n) is 13.9. The van der Waals surface area contributed by atoms with E-state index in [9.17, 15) is 10.1 Å². The second-order valence-corrected chi connectivity index (χ2v) is 7.38. The average Bonchev–Trinajstić information content (AvgIpc) is 2.52. The van der Waals surface area contributed by atoms with Crippen LogP contribution in [0.3, 0.4) is 0 Å². The largest absolute Gasteiger partial charge is 0.381 e. The zero-order valence-corrected chi connectivity index (χ0v) is 15.5. The van der Waals surface area contributed by atoms with E-state index in [4.69, 9.17) is 4.74 Å². The molecule has 0 radical (unpaired) electrons. The minimum absolute atomic E-state index is 0.0638. The Hall–Kier alpha value is -1.21. The van der Waals surface area contributed by atoms with Crippen molar-refractivity contribution in [1.29, 1.82) is 0 Å². The summed E-state index contributed by atoms with van der Waals surface area (Å²) in [4.78, 5) is 17.6. The van der Waals surface area contributed by atoms with Gasteiger partial charge in [0.2, 0.25) is 5.82 Å². The van der Waals surface area contributed by atoms with Gasteiger partial charge in [0.15, 0.2) is 0 Å². The summed E-state index contributed by atoms with van der Waals surface area (Å²) in [6.07, 6.45) is 5.86. The molecule has 0 unspecified atom stereocenters. The Balaban J connectivity index is 2.30. The molecule has 1 fully saturated rings. The molecule has 6 nitrogen and oxygen atoms in total. The van der Waals surface area contributed by atoms with Crippen molar-refractivity contribution in [3.05, 3.63) is 26.9 Å².